The Kier molecular flexibility index (Phi) is 3.91. The molecule has 1 fully saturated rings. The van der Waals surface area contributed by atoms with Gasteiger partial charge in [0.25, 0.3) is 5.91 Å². The summed E-state index contributed by atoms with van der Waals surface area (Å²) in [5.41, 5.74) is 0.241. The van der Waals surface area contributed by atoms with Crippen LogP contribution in [0.15, 0.2) is 6.07 Å². The minimum absolute atomic E-state index is 0.207. The molecule has 0 bridgehead atoms. The number of halogens is 3. The van der Waals surface area contributed by atoms with Crippen molar-refractivity contribution < 1.29 is 9.18 Å². The summed E-state index contributed by atoms with van der Waals surface area (Å²) >= 11 is 11.4. The van der Waals surface area contributed by atoms with E-state index in [1.54, 1.807) is 0 Å². The number of hydrogen-bond acceptors (Lipinski definition) is 2. The summed E-state index contributed by atoms with van der Waals surface area (Å²) in [4.78, 5) is 14.4. The molecule has 2 atom stereocenters. The fourth-order valence-electron chi connectivity index (χ4n) is 1.76. The number of aromatic amines is 1. The zero-order valence-corrected chi connectivity index (χ0v) is 10.4. The van der Waals surface area contributed by atoms with Crippen LogP contribution in [0, 0.1) is 0 Å². The van der Waals surface area contributed by atoms with Gasteiger partial charge >= 0.3 is 0 Å². The van der Waals surface area contributed by atoms with Crippen LogP contribution in [-0.2, 0) is 0 Å². The van der Waals surface area contributed by atoms with Crippen molar-refractivity contribution in [3.63, 3.8) is 0 Å². The number of H-pyrrole nitrogens is 1. The average molecular weight is 280 g/mol. The number of nitrogens with one attached hydrogen (secondary N) is 3. The van der Waals surface area contributed by atoms with Crippen molar-refractivity contribution in [2.45, 2.75) is 18.6 Å². The molecule has 1 amide bonds. The Balaban J connectivity index is 2.01. The van der Waals surface area contributed by atoms with E-state index in [0.717, 1.165) is 0 Å². The number of carbonyl (C=O) groups excluding carboxylic acids is 1. The molecule has 1 aliphatic rings. The van der Waals surface area contributed by atoms with Crippen LogP contribution in [0.25, 0.3) is 0 Å². The second-order valence-electron chi connectivity index (χ2n) is 3.93. The van der Waals surface area contributed by atoms with Crippen molar-refractivity contribution in [3.05, 3.63) is 21.9 Å². The van der Waals surface area contributed by atoms with Gasteiger partial charge in [-0.1, -0.05) is 23.2 Å². The SMILES string of the molecule is O=C(N[C@@H]1CCNC[C@H]1F)c1cc(Cl)c(Cl)[nH]1. The van der Waals surface area contributed by atoms with Crippen LogP contribution in [0.2, 0.25) is 10.2 Å². The molecule has 1 saturated heterocycles. The monoisotopic (exact) mass is 279 g/mol. The normalized spacial score (nSPS) is 24.6. The molecule has 0 unspecified atom stereocenters. The van der Waals surface area contributed by atoms with E-state index in [-0.39, 0.29) is 22.4 Å². The lowest BCUT2D eigenvalue weighted by Crippen LogP contribution is -2.50. The van der Waals surface area contributed by atoms with Gasteiger partial charge in [0.1, 0.15) is 17.0 Å². The van der Waals surface area contributed by atoms with Crippen LogP contribution in [-0.4, -0.2) is 36.2 Å². The third-order valence-corrected chi connectivity index (χ3v) is 3.39. The first-order valence-electron chi connectivity index (χ1n) is 5.27. The Hall–Kier alpha value is -0.780. The van der Waals surface area contributed by atoms with Crippen molar-refractivity contribution in [1.82, 2.24) is 15.6 Å². The summed E-state index contributed by atoms with van der Waals surface area (Å²) in [7, 11) is 0. The quantitative estimate of drug-likeness (QED) is 0.773. The fourth-order valence-corrected chi connectivity index (χ4v) is 2.07. The van der Waals surface area contributed by atoms with Crippen molar-refractivity contribution in [2.24, 2.45) is 0 Å². The largest absolute Gasteiger partial charge is 0.345 e. The van der Waals surface area contributed by atoms with Crippen molar-refractivity contribution in [1.29, 1.82) is 0 Å². The van der Waals surface area contributed by atoms with E-state index in [4.69, 9.17) is 23.2 Å². The predicted molar refractivity (Wildman–Crippen MR) is 64.4 cm³/mol. The van der Waals surface area contributed by atoms with E-state index in [2.05, 4.69) is 15.6 Å². The minimum Gasteiger partial charge on any atom is -0.345 e. The molecule has 3 N–H and O–H groups in total. The topological polar surface area (TPSA) is 56.9 Å². The van der Waals surface area contributed by atoms with E-state index >= 15 is 0 Å². The standard InChI is InChI=1S/C10H12Cl2FN3O/c11-5-3-8(15-9(5)12)10(17)16-7-1-2-14-4-6(7)13/h3,6-7,14-15H,1-2,4H2,(H,16,17)/t6-,7-/m1/s1. The number of hydrogen-bond donors (Lipinski definition) is 3. The first kappa shape index (κ1) is 12.7. The van der Waals surface area contributed by atoms with Crippen molar-refractivity contribution in [3.8, 4) is 0 Å². The second kappa shape index (κ2) is 5.25. The first-order valence-corrected chi connectivity index (χ1v) is 6.03. The van der Waals surface area contributed by atoms with Gasteiger partial charge in [0.2, 0.25) is 0 Å². The maximum atomic E-state index is 13.5. The number of carbonyl (C=O) groups is 1. The molecule has 0 aliphatic carbocycles. The van der Waals surface area contributed by atoms with Gasteiger partial charge in [-0.2, -0.15) is 0 Å². The molecule has 17 heavy (non-hydrogen) atoms. The molecular weight excluding hydrogens is 268 g/mol. The van der Waals surface area contributed by atoms with E-state index in [0.29, 0.717) is 13.0 Å². The van der Waals surface area contributed by atoms with Gasteiger partial charge in [-0.25, -0.2) is 4.39 Å². The lowest BCUT2D eigenvalue weighted by atomic mass is 10.0. The molecule has 0 radical (unpaired) electrons. The van der Waals surface area contributed by atoms with Crippen molar-refractivity contribution >= 4 is 29.1 Å². The molecule has 1 aliphatic heterocycles. The highest BCUT2D eigenvalue weighted by Gasteiger charge is 2.26. The maximum absolute atomic E-state index is 13.5. The van der Waals surface area contributed by atoms with Crippen molar-refractivity contribution in [2.75, 3.05) is 13.1 Å². The van der Waals surface area contributed by atoms with Gasteiger partial charge in [0.15, 0.2) is 0 Å². The first-order chi connectivity index (χ1) is 8.08. The van der Waals surface area contributed by atoms with Crippen LogP contribution in [0.5, 0.6) is 0 Å². The van der Waals surface area contributed by atoms with E-state index in [9.17, 15) is 9.18 Å². The molecule has 0 aromatic carbocycles. The van der Waals surface area contributed by atoms with Crippen LogP contribution >= 0.6 is 23.2 Å². The predicted octanol–water partition coefficient (Wildman–Crippen LogP) is 1.75. The summed E-state index contributed by atoms with van der Waals surface area (Å²) < 4.78 is 13.5. The van der Waals surface area contributed by atoms with Crippen LogP contribution in [0.4, 0.5) is 4.39 Å². The highest BCUT2D eigenvalue weighted by atomic mass is 35.5. The lowest BCUT2D eigenvalue weighted by molar-refractivity contribution is 0.0888. The minimum atomic E-state index is -1.08. The van der Waals surface area contributed by atoms with E-state index < -0.39 is 18.1 Å². The van der Waals surface area contributed by atoms with Crippen LogP contribution in [0.1, 0.15) is 16.9 Å². The Morgan fingerprint density at radius 1 is 1.53 bits per heavy atom. The number of aromatic nitrogens is 1. The van der Waals surface area contributed by atoms with Gasteiger partial charge in [0, 0.05) is 6.54 Å². The number of rotatable bonds is 2. The second-order valence-corrected chi connectivity index (χ2v) is 4.72. The molecule has 94 valence electrons. The van der Waals surface area contributed by atoms with Crippen LogP contribution < -0.4 is 10.6 Å². The Bertz CT molecular complexity index is 404. The van der Waals surface area contributed by atoms with Crippen LogP contribution in [0.3, 0.4) is 0 Å². The van der Waals surface area contributed by atoms with Gasteiger partial charge < -0.3 is 15.6 Å². The van der Waals surface area contributed by atoms with E-state index in [1.165, 1.54) is 6.07 Å². The Morgan fingerprint density at radius 3 is 2.88 bits per heavy atom. The molecule has 0 saturated carbocycles. The average Bonchev–Trinajstić information content (AvgIpc) is 2.63. The molecule has 2 rings (SSSR count). The summed E-state index contributed by atoms with van der Waals surface area (Å²) in [5.74, 6) is -0.395. The summed E-state index contributed by atoms with van der Waals surface area (Å²) in [6.45, 7) is 0.953. The third kappa shape index (κ3) is 2.91. The summed E-state index contributed by atoms with van der Waals surface area (Å²) in [6, 6.07) is 0.956. The number of alkyl halides is 1. The van der Waals surface area contributed by atoms with Gasteiger partial charge in [-0.05, 0) is 19.0 Å². The van der Waals surface area contributed by atoms with Gasteiger partial charge in [-0.3, -0.25) is 4.79 Å². The Morgan fingerprint density at radius 2 is 2.29 bits per heavy atom. The molecule has 1 aromatic rings. The number of amides is 1. The zero-order valence-electron chi connectivity index (χ0n) is 8.90. The third-order valence-electron chi connectivity index (χ3n) is 2.69. The lowest BCUT2D eigenvalue weighted by Gasteiger charge is -2.27. The molecule has 2 heterocycles. The van der Waals surface area contributed by atoms with Gasteiger partial charge in [-0.15, -0.1) is 0 Å². The fraction of sp³-hybridized carbons (Fsp3) is 0.500. The highest BCUT2D eigenvalue weighted by Crippen LogP contribution is 2.22. The molecule has 7 heteroatoms. The van der Waals surface area contributed by atoms with Gasteiger partial charge in [0.05, 0.1) is 11.1 Å². The van der Waals surface area contributed by atoms with E-state index in [1.807, 2.05) is 0 Å². The smallest absolute Gasteiger partial charge is 0.268 e. The maximum Gasteiger partial charge on any atom is 0.268 e. The molecule has 0 spiro atoms. The molecule has 1 aromatic heterocycles. The zero-order chi connectivity index (χ0) is 12.4. The molecular formula is C10H12Cl2FN3O. The molecule has 4 nitrogen and oxygen atoms in total. The number of piperidine rings is 1. The summed E-state index contributed by atoms with van der Waals surface area (Å²) in [5, 5.41) is 6.02. The summed E-state index contributed by atoms with van der Waals surface area (Å²) in [6.07, 6.45) is -0.511. The highest BCUT2D eigenvalue weighted by molar-refractivity contribution is 6.41. The Labute approximate surface area is 108 Å².